The van der Waals surface area contributed by atoms with Gasteiger partial charge in [0.15, 0.2) is 5.78 Å². The number of carboxylic acid groups (broad SMARTS) is 1. The Morgan fingerprint density at radius 2 is 1.58 bits per heavy atom. The fourth-order valence-electron chi connectivity index (χ4n) is 1.76. The van der Waals surface area contributed by atoms with Gasteiger partial charge in [0.25, 0.3) is 0 Å². The largest absolute Gasteiger partial charge is 0.478 e. The Labute approximate surface area is 115 Å². The number of benzene rings is 2. The van der Waals surface area contributed by atoms with Crippen molar-refractivity contribution in [3.8, 4) is 11.1 Å². The quantitative estimate of drug-likeness (QED) is 0.864. The molecule has 0 aliphatic rings. The Hall–Kier alpha value is -2.13. The van der Waals surface area contributed by atoms with Crippen LogP contribution in [0.4, 0.5) is 0 Å². The SMILES string of the molecule is CC(=O)c1ccc(-c2cc(C(=O)O)ccc2Cl)cc1. The number of hydrogen-bond acceptors (Lipinski definition) is 2. The lowest BCUT2D eigenvalue weighted by Gasteiger charge is -2.06. The van der Waals surface area contributed by atoms with Gasteiger partial charge < -0.3 is 5.11 Å². The zero-order valence-electron chi connectivity index (χ0n) is 10.2. The lowest BCUT2D eigenvalue weighted by molar-refractivity contribution is 0.0696. The number of rotatable bonds is 3. The van der Waals surface area contributed by atoms with E-state index in [0.717, 1.165) is 5.56 Å². The maximum atomic E-state index is 11.2. The predicted molar refractivity (Wildman–Crippen MR) is 73.9 cm³/mol. The minimum atomic E-state index is -1.00. The summed E-state index contributed by atoms with van der Waals surface area (Å²) in [6.45, 7) is 1.49. The van der Waals surface area contributed by atoms with Crippen molar-refractivity contribution in [2.45, 2.75) is 6.92 Å². The number of ketones is 1. The van der Waals surface area contributed by atoms with Gasteiger partial charge in [0.1, 0.15) is 0 Å². The van der Waals surface area contributed by atoms with Gasteiger partial charge in [0.05, 0.1) is 5.56 Å². The Bertz CT molecular complexity index is 645. The molecule has 0 heterocycles. The normalized spacial score (nSPS) is 10.2. The van der Waals surface area contributed by atoms with E-state index in [9.17, 15) is 9.59 Å². The smallest absolute Gasteiger partial charge is 0.335 e. The predicted octanol–water partition coefficient (Wildman–Crippen LogP) is 3.91. The molecule has 4 heteroatoms. The molecule has 0 radical (unpaired) electrons. The molecular weight excluding hydrogens is 264 g/mol. The highest BCUT2D eigenvalue weighted by molar-refractivity contribution is 6.33. The van der Waals surface area contributed by atoms with E-state index in [4.69, 9.17) is 16.7 Å². The van der Waals surface area contributed by atoms with Crippen LogP contribution in [0.5, 0.6) is 0 Å². The molecule has 0 unspecified atom stereocenters. The van der Waals surface area contributed by atoms with E-state index in [2.05, 4.69) is 0 Å². The first kappa shape index (κ1) is 13.3. The van der Waals surface area contributed by atoms with Gasteiger partial charge in [-0.05, 0) is 30.7 Å². The van der Waals surface area contributed by atoms with Crippen molar-refractivity contribution in [1.82, 2.24) is 0 Å². The van der Waals surface area contributed by atoms with Crippen molar-refractivity contribution in [3.05, 3.63) is 58.6 Å². The molecule has 2 aromatic rings. The second-order valence-electron chi connectivity index (χ2n) is 4.13. The summed E-state index contributed by atoms with van der Waals surface area (Å²) in [7, 11) is 0. The summed E-state index contributed by atoms with van der Waals surface area (Å²) in [4.78, 5) is 22.2. The molecular formula is C15H11ClO3. The molecule has 0 saturated heterocycles. The molecule has 3 nitrogen and oxygen atoms in total. The molecule has 0 aromatic heterocycles. The summed E-state index contributed by atoms with van der Waals surface area (Å²) in [5, 5.41) is 9.45. The number of halogens is 1. The molecule has 0 fully saturated rings. The topological polar surface area (TPSA) is 54.4 Å². The van der Waals surface area contributed by atoms with Crippen LogP contribution in [0.1, 0.15) is 27.6 Å². The van der Waals surface area contributed by atoms with E-state index in [1.54, 1.807) is 30.3 Å². The third kappa shape index (κ3) is 2.83. The summed E-state index contributed by atoms with van der Waals surface area (Å²) in [6.07, 6.45) is 0. The van der Waals surface area contributed by atoms with Crippen LogP contribution in [0.2, 0.25) is 5.02 Å². The maximum absolute atomic E-state index is 11.2. The molecule has 2 rings (SSSR count). The molecule has 0 saturated carbocycles. The number of hydrogen-bond donors (Lipinski definition) is 1. The Balaban J connectivity index is 2.48. The second kappa shape index (κ2) is 5.24. The molecule has 96 valence electrons. The molecule has 0 aliphatic carbocycles. The van der Waals surface area contributed by atoms with Crippen LogP contribution in [0, 0.1) is 0 Å². The van der Waals surface area contributed by atoms with Gasteiger partial charge in [-0.15, -0.1) is 0 Å². The fourth-order valence-corrected chi connectivity index (χ4v) is 1.99. The van der Waals surface area contributed by atoms with Crippen LogP contribution >= 0.6 is 11.6 Å². The highest BCUT2D eigenvalue weighted by Gasteiger charge is 2.09. The van der Waals surface area contributed by atoms with Gasteiger partial charge in [0, 0.05) is 16.1 Å². The average Bonchev–Trinajstić information content (AvgIpc) is 2.39. The van der Waals surface area contributed by atoms with Crippen molar-refractivity contribution in [1.29, 1.82) is 0 Å². The molecule has 0 spiro atoms. The summed E-state index contributed by atoms with van der Waals surface area (Å²) in [6, 6.07) is 11.4. The van der Waals surface area contributed by atoms with Crippen LogP contribution in [0.15, 0.2) is 42.5 Å². The summed E-state index contributed by atoms with van der Waals surface area (Å²) >= 11 is 6.08. The first-order valence-electron chi connectivity index (χ1n) is 5.63. The molecule has 0 amide bonds. The average molecular weight is 275 g/mol. The van der Waals surface area contributed by atoms with Crippen molar-refractivity contribution in [2.24, 2.45) is 0 Å². The third-order valence-electron chi connectivity index (χ3n) is 2.82. The van der Waals surface area contributed by atoms with Crippen LogP contribution in [-0.4, -0.2) is 16.9 Å². The van der Waals surface area contributed by atoms with E-state index in [-0.39, 0.29) is 11.3 Å². The van der Waals surface area contributed by atoms with E-state index in [1.807, 2.05) is 0 Å². The van der Waals surface area contributed by atoms with Gasteiger partial charge in [0.2, 0.25) is 0 Å². The number of Topliss-reactive ketones (excluding diaryl/α,β-unsaturated/α-hetero) is 1. The monoisotopic (exact) mass is 274 g/mol. The fraction of sp³-hybridized carbons (Fsp3) is 0.0667. The van der Waals surface area contributed by atoms with E-state index in [1.165, 1.54) is 19.1 Å². The van der Waals surface area contributed by atoms with Crippen molar-refractivity contribution in [3.63, 3.8) is 0 Å². The zero-order valence-corrected chi connectivity index (χ0v) is 10.9. The standard InChI is InChI=1S/C15H11ClO3/c1-9(17)10-2-4-11(5-3-10)13-8-12(15(18)19)6-7-14(13)16/h2-8H,1H3,(H,18,19). The van der Waals surface area contributed by atoms with Crippen LogP contribution in [0.25, 0.3) is 11.1 Å². The first-order valence-corrected chi connectivity index (χ1v) is 6.01. The van der Waals surface area contributed by atoms with Crippen molar-refractivity contribution >= 4 is 23.4 Å². The molecule has 1 N–H and O–H groups in total. The number of carboxylic acids is 1. The highest BCUT2D eigenvalue weighted by atomic mass is 35.5. The van der Waals surface area contributed by atoms with E-state index < -0.39 is 5.97 Å². The Morgan fingerprint density at radius 3 is 2.11 bits per heavy atom. The Morgan fingerprint density at radius 1 is 1.00 bits per heavy atom. The van der Waals surface area contributed by atoms with Gasteiger partial charge >= 0.3 is 5.97 Å². The minimum Gasteiger partial charge on any atom is -0.478 e. The highest BCUT2D eigenvalue weighted by Crippen LogP contribution is 2.29. The third-order valence-corrected chi connectivity index (χ3v) is 3.15. The van der Waals surface area contributed by atoms with Gasteiger partial charge in [-0.2, -0.15) is 0 Å². The van der Waals surface area contributed by atoms with Crippen LogP contribution in [-0.2, 0) is 0 Å². The lowest BCUT2D eigenvalue weighted by Crippen LogP contribution is -1.96. The summed E-state index contributed by atoms with van der Waals surface area (Å²) in [5.41, 5.74) is 2.19. The van der Waals surface area contributed by atoms with Crippen LogP contribution < -0.4 is 0 Å². The van der Waals surface area contributed by atoms with Gasteiger partial charge in [-0.3, -0.25) is 4.79 Å². The van der Waals surface area contributed by atoms with Crippen LogP contribution in [0.3, 0.4) is 0 Å². The lowest BCUT2D eigenvalue weighted by atomic mass is 10.0. The van der Waals surface area contributed by atoms with Crippen molar-refractivity contribution in [2.75, 3.05) is 0 Å². The summed E-state index contributed by atoms with van der Waals surface area (Å²) in [5.74, 6) is -1.02. The zero-order chi connectivity index (χ0) is 14.0. The molecule has 19 heavy (non-hydrogen) atoms. The number of carbonyl (C=O) groups is 2. The summed E-state index contributed by atoms with van der Waals surface area (Å²) < 4.78 is 0. The minimum absolute atomic E-state index is 0.0167. The van der Waals surface area contributed by atoms with Crippen molar-refractivity contribution < 1.29 is 14.7 Å². The van der Waals surface area contributed by atoms with Gasteiger partial charge in [-0.1, -0.05) is 35.9 Å². The number of aromatic carboxylic acids is 1. The van der Waals surface area contributed by atoms with Gasteiger partial charge in [-0.25, -0.2) is 4.79 Å². The van der Waals surface area contributed by atoms with E-state index in [0.29, 0.717) is 16.1 Å². The maximum Gasteiger partial charge on any atom is 0.335 e. The van der Waals surface area contributed by atoms with E-state index >= 15 is 0 Å². The molecule has 0 aliphatic heterocycles. The number of carbonyl (C=O) groups excluding carboxylic acids is 1. The Kier molecular flexibility index (Phi) is 3.67. The molecule has 0 bridgehead atoms. The second-order valence-corrected chi connectivity index (χ2v) is 4.54. The first-order chi connectivity index (χ1) is 8.99. The molecule has 2 aromatic carbocycles. The molecule has 0 atom stereocenters.